The maximum atomic E-state index is 13.4. The Morgan fingerprint density at radius 1 is 1.04 bits per heavy atom. The molecule has 0 amide bonds. The maximum Gasteiger partial charge on any atom is 0.243 e. The molecule has 3 aromatic rings. The third-order valence-electron chi connectivity index (χ3n) is 4.58. The summed E-state index contributed by atoms with van der Waals surface area (Å²) in [6.07, 6.45) is 5.14. The molecule has 10 heteroatoms. The molecule has 1 aromatic carbocycles. The Morgan fingerprint density at radius 2 is 1.79 bits per heavy atom. The Balaban J connectivity index is 1.52. The molecular weight excluding hydrogens is 383 g/mol. The van der Waals surface area contributed by atoms with E-state index in [2.05, 4.69) is 15.0 Å². The van der Waals surface area contributed by atoms with E-state index in [-0.39, 0.29) is 4.90 Å². The highest BCUT2D eigenvalue weighted by molar-refractivity contribution is 7.89. The van der Waals surface area contributed by atoms with Gasteiger partial charge in [0, 0.05) is 44.6 Å². The van der Waals surface area contributed by atoms with Gasteiger partial charge in [-0.15, -0.1) is 0 Å². The number of aryl methyl sites for hydroxylation is 1. The van der Waals surface area contributed by atoms with Crippen LogP contribution in [-0.4, -0.2) is 58.4 Å². The first kappa shape index (κ1) is 18.5. The number of benzene rings is 1. The van der Waals surface area contributed by atoms with Crippen molar-refractivity contribution in [2.45, 2.75) is 11.8 Å². The topological polar surface area (TPSA) is 84.2 Å². The number of hydrogen-bond acceptors (Lipinski definition) is 6. The molecule has 146 valence electrons. The molecule has 0 saturated carbocycles. The maximum absolute atomic E-state index is 13.4. The van der Waals surface area contributed by atoms with Gasteiger partial charge in [-0.2, -0.15) is 4.31 Å². The Kier molecular flexibility index (Phi) is 4.82. The predicted molar refractivity (Wildman–Crippen MR) is 101 cm³/mol. The lowest BCUT2D eigenvalue weighted by Crippen LogP contribution is -2.49. The fraction of sp³-hybridized carbons (Fsp3) is 0.278. The summed E-state index contributed by atoms with van der Waals surface area (Å²) in [4.78, 5) is 14.9. The summed E-state index contributed by atoms with van der Waals surface area (Å²) in [5.41, 5.74) is 0. The van der Waals surface area contributed by atoms with Crippen LogP contribution in [0.25, 0.3) is 5.82 Å². The van der Waals surface area contributed by atoms with Crippen LogP contribution in [0.4, 0.5) is 10.2 Å². The zero-order valence-corrected chi connectivity index (χ0v) is 16.0. The zero-order valence-electron chi connectivity index (χ0n) is 15.2. The molecule has 28 heavy (non-hydrogen) atoms. The van der Waals surface area contributed by atoms with Crippen LogP contribution < -0.4 is 4.90 Å². The van der Waals surface area contributed by atoms with E-state index in [4.69, 9.17) is 0 Å². The van der Waals surface area contributed by atoms with E-state index in [0.717, 1.165) is 11.9 Å². The summed E-state index contributed by atoms with van der Waals surface area (Å²) < 4.78 is 42.1. The molecule has 8 nitrogen and oxygen atoms in total. The van der Waals surface area contributed by atoms with Crippen LogP contribution >= 0.6 is 0 Å². The van der Waals surface area contributed by atoms with Crippen LogP contribution in [0.1, 0.15) is 5.82 Å². The van der Waals surface area contributed by atoms with Gasteiger partial charge in [-0.05, 0) is 25.1 Å². The molecule has 0 radical (unpaired) electrons. The van der Waals surface area contributed by atoms with Crippen molar-refractivity contribution in [1.29, 1.82) is 0 Å². The van der Waals surface area contributed by atoms with Crippen molar-refractivity contribution in [2.24, 2.45) is 0 Å². The van der Waals surface area contributed by atoms with Crippen molar-refractivity contribution in [3.05, 3.63) is 60.7 Å². The Bertz CT molecular complexity index is 1080. The minimum Gasteiger partial charge on any atom is -0.354 e. The van der Waals surface area contributed by atoms with E-state index < -0.39 is 15.8 Å². The van der Waals surface area contributed by atoms with Gasteiger partial charge < -0.3 is 4.90 Å². The standard InChI is InChI=1S/C18H19FN6O2S/c1-14-21-17(12-18(22-14)24-6-5-20-13-24)23-7-9-25(10-8-23)28(26,27)16-4-2-3-15(19)11-16/h2-6,11-13H,7-10H2,1H3. The summed E-state index contributed by atoms with van der Waals surface area (Å²) in [5.74, 6) is 1.49. The summed E-state index contributed by atoms with van der Waals surface area (Å²) in [7, 11) is -3.72. The molecule has 0 unspecified atom stereocenters. The quantitative estimate of drug-likeness (QED) is 0.659. The summed E-state index contributed by atoms with van der Waals surface area (Å²) >= 11 is 0. The second kappa shape index (κ2) is 7.28. The number of anilines is 1. The monoisotopic (exact) mass is 402 g/mol. The highest BCUT2D eigenvalue weighted by atomic mass is 32.2. The fourth-order valence-corrected chi connectivity index (χ4v) is 4.61. The van der Waals surface area contributed by atoms with Crippen LogP contribution in [0.3, 0.4) is 0 Å². The Morgan fingerprint density at radius 3 is 2.46 bits per heavy atom. The normalized spacial score (nSPS) is 15.7. The summed E-state index contributed by atoms with van der Waals surface area (Å²) in [5, 5.41) is 0. The van der Waals surface area contributed by atoms with Gasteiger partial charge in [0.2, 0.25) is 10.0 Å². The second-order valence-electron chi connectivity index (χ2n) is 6.45. The minimum atomic E-state index is -3.72. The minimum absolute atomic E-state index is 0.0266. The zero-order chi connectivity index (χ0) is 19.7. The van der Waals surface area contributed by atoms with E-state index in [9.17, 15) is 12.8 Å². The van der Waals surface area contributed by atoms with Crippen molar-refractivity contribution < 1.29 is 12.8 Å². The molecule has 3 heterocycles. The van der Waals surface area contributed by atoms with Crippen molar-refractivity contribution in [3.8, 4) is 5.82 Å². The number of rotatable bonds is 4. The molecule has 1 fully saturated rings. The molecule has 4 rings (SSSR count). The average Bonchev–Trinajstić information content (AvgIpc) is 3.22. The van der Waals surface area contributed by atoms with E-state index in [1.54, 1.807) is 23.3 Å². The summed E-state index contributed by atoms with van der Waals surface area (Å²) in [6, 6.07) is 6.94. The lowest BCUT2D eigenvalue weighted by molar-refractivity contribution is 0.383. The van der Waals surface area contributed by atoms with Crippen LogP contribution in [-0.2, 0) is 10.0 Å². The lowest BCUT2D eigenvalue weighted by Gasteiger charge is -2.34. The Labute approximate surface area is 162 Å². The molecule has 0 N–H and O–H groups in total. The SMILES string of the molecule is Cc1nc(N2CCN(S(=O)(=O)c3cccc(F)c3)CC2)cc(-n2ccnc2)n1. The molecular formula is C18H19FN6O2S. The fourth-order valence-electron chi connectivity index (χ4n) is 3.16. The van der Waals surface area contributed by atoms with Gasteiger partial charge in [-0.3, -0.25) is 4.57 Å². The van der Waals surface area contributed by atoms with Gasteiger partial charge in [0.1, 0.15) is 29.6 Å². The van der Waals surface area contributed by atoms with Crippen molar-refractivity contribution in [2.75, 3.05) is 31.1 Å². The van der Waals surface area contributed by atoms with Crippen molar-refractivity contribution >= 4 is 15.8 Å². The number of aromatic nitrogens is 4. The third-order valence-corrected chi connectivity index (χ3v) is 6.47. The second-order valence-corrected chi connectivity index (χ2v) is 8.39. The first-order valence-electron chi connectivity index (χ1n) is 8.78. The first-order chi connectivity index (χ1) is 13.4. The number of sulfonamides is 1. The van der Waals surface area contributed by atoms with Gasteiger partial charge in [0.05, 0.1) is 4.90 Å². The smallest absolute Gasteiger partial charge is 0.243 e. The van der Waals surface area contributed by atoms with Gasteiger partial charge in [-0.1, -0.05) is 6.07 Å². The molecule has 0 bridgehead atoms. The molecule has 0 atom stereocenters. The molecule has 0 aliphatic carbocycles. The van der Waals surface area contributed by atoms with E-state index in [1.807, 2.05) is 17.9 Å². The molecule has 2 aromatic heterocycles. The highest BCUT2D eigenvalue weighted by Crippen LogP contribution is 2.22. The van der Waals surface area contributed by atoms with Crippen molar-refractivity contribution in [1.82, 2.24) is 23.8 Å². The third kappa shape index (κ3) is 3.60. The van der Waals surface area contributed by atoms with Crippen LogP contribution in [0, 0.1) is 12.7 Å². The molecule has 1 aliphatic rings. The van der Waals surface area contributed by atoms with Gasteiger partial charge in [-0.25, -0.2) is 27.8 Å². The van der Waals surface area contributed by atoms with E-state index in [1.165, 1.54) is 22.5 Å². The van der Waals surface area contributed by atoms with Gasteiger partial charge >= 0.3 is 0 Å². The largest absolute Gasteiger partial charge is 0.354 e. The van der Waals surface area contributed by atoms with Crippen LogP contribution in [0.5, 0.6) is 0 Å². The van der Waals surface area contributed by atoms with Crippen molar-refractivity contribution in [3.63, 3.8) is 0 Å². The van der Waals surface area contributed by atoms with Gasteiger partial charge in [0.15, 0.2) is 0 Å². The number of halogens is 1. The highest BCUT2D eigenvalue weighted by Gasteiger charge is 2.29. The number of hydrogen-bond donors (Lipinski definition) is 0. The van der Waals surface area contributed by atoms with Crippen LogP contribution in [0.15, 0.2) is 53.9 Å². The number of piperazine rings is 1. The predicted octanol–water partition coefficient (Wildman–Crippen LogP) is 1.62. The average molecular weight is 402 g/mol. The lowest BCUT2D eigenvalue weighted by atomic mass is 10.3. The number of nitrogens with zero attached hydrogens (tertiary/aromatic N) is 6. The summed E-state index contributed by atoms with van der Waals surface area (Å²) in [6.45, 7) is 3.36. The first-order valence-corrected chi connectivity index (χ1v) is 10.2. The molecule has 1 saturated heterocycles. The molecule has 0 spiro atoms. The number of imidazole rings is 1. The van der Waals surface area contributed by atoms with E-state index >= 15 is 0 Å². The Hall–Kier alpha value is -2.85. The van der Waals surface area contributed by atoms with Crippen LogP contribution in [0.2, 0.25) is 0 Å². The molecule has 1 aliphatic heterocycles. The van der Waals surface area contributed by atoms with Gasteiger partial charge in [0.25, 0.3) is 0 Å². The van der Waals surface area contributed by atoms with E-state index in [0.29, 0.717) is 37.8 Å².